The van der Waals surface area contributed by atoms with Crippen LogP contribution in [0.2, 0.25) is 0 Å². The molecule has 2 aliphatic carbocycles. The molecule has 2 N–H and O–H groups in total. The third-order valence-corrected chi connectivity index (χ3v) is 5.13. The van der Waals surface area contributed by atoms with Gasteiger partial charge in [0.05, 0.1) is 6.10 Å². The molecule has 0 aromatic rings. The molecule has 0 saturated heterocycles. The Morgan fingerprint density at radius 1 is 1.31 bits per heavy atom. The highest BCUT2D eigenvalue weighted by Gasteiger charge is 2.65. The number of fused-ring (bicyclic) bond motifs is 2. The van der Waals surface area contributed by atoms with Crippen molar-refractivity contribution in [3.05, 3.63) is 0 Å². The van der Waals surface area contributed by atoms with E-state index >= 15 is 0 Å². The van der Waals surface area contributed by atoms with Crippen LogP contribution in [0.1, 0.15) is 33.6 Å². The van der Waals surface area contributed by atoms with E-state index in [1.54, 1.807) is 0 Å². The second-order valence-electron chi connectivity index (χ2n) is 5.54. The molecule has 2 heteroatoms. The van der Waals surface area contributed by atoms with Crippen LogP contribution in [0.25, 0.3) is 0 Å². The molecule has 13 heavy (non-hydrogen) atoms. The Bertz CT molecular complexity index is 226. The minimum atomic E-state index is -0.161. The standard InChI is InChI=1S/C11H21NO/c1-10(2)7-5-6-11(10,3)9(13)8(7)12-4/h7-9,12-13H,5-6H2,1-4H3/t7-,8+,9+,11+/m0/s1. The lowest BCUT2D eigenvalue weighted by molar-refractivity contribution is 0.00130. The molecule has 76 valence electrons. The smallest absolute Gasteiger partial charge is 0.0754 e. The zero-order valence-corrected chi connectivity index (χ0v) is 9.09. The van der Waals surface area contributed by atoms with Gasteiger partial charge in [0.2, 0.25) is 0 Å². The third kappa shape index (κ3) is 0.861. The normalized spacial score (nSPS) is 52.8. The van der Waals surface area contributed by atoms with Crippen LogP contribution >= 0.6 is 0 Å². The Hall–Kier alpha value is -0.0800. The number of aliphatic hydroxyl groups excluding tert-OH is 1. The first-order valence-electron chi connectivity index (χ1n) is 5.30. The van der Waals surface area contributed by atoms with Gasteiger partial charge in [-0.1, -0.05) is 20.8 Å². The van der Waals surface area contributed by atoms with Gasteiger partial charge in [-0.05, 0) is 31.2 Å². The molecule has 0 unspecified atom stereocenters. The summed E-state index contributed by atoms with van der Waals surface area (Å²) in [5.74, 6) is 0.650. The molecule has 0 heterocycles. The van der Waals surface area contributed by atoms with Gasteiger partial charge in [-0.25, -0.2) is 0 Å². The Labute approximate surface area is 80.7 Å². The van der Waals surface area contributed by atoms with Crippen molar-refractivity contribution in [3.8, 4) is 0 Å². The van der Waals surface area contributed by atoms with Crippen molar-refractivity contribution in [3.63, 3.8) is 0 Å². The fraction of sp³-hybridized carbons (Fsp3) is 1.00. The van der Waals surface area contributed by atoms with Crippen molar-refractivity contribution < 1.29 is 5.11 Å². The van der Waals surface area contributed by atoms with E-state index in [4.69, 9.17) is 0 Å². The first-order valence-corrected chi connectivity index (χ1v) is 5.30. The number of hydrogen-bond acceptors (Lipinski definition) is 2. The summed E-state index contributed by atoms with van der Waals surface area (Å²) in [5, 5.41) is 13.5. The second-order valence-corrected chi connectivity index (χ2v) is 5.54. The predicted molar refractivity (Wildman–Crippen MR) is 53.5 cm³/mol. The zero-order chi connectivity index (χ0) is 9.85. The van der Waals surface area contributed by atoms with Crippen molar-refractivity contribution >= 4 is 0 Å². The van der Waals surface area contributed by atoms with Crippen molar-refractivity contribution in [2.45, 2.75) is 45.8 Å². The molecule has 2 fully saturated rings. The quantitative estimate of drug-likeness (QED) is 0.644. The van der Waals surface area contributed by atoms with Crippen LogP contribution in [0.3, 0.4) is 0 Å². The molecule has 2 bridgehead atoms. The highest BCUT2D eigenvalue weighted by atomic mass is 16.3. The van der Waals surface area contributed by atoms with Gasteiger partial charge in [0.25, 0.3) is 0 Å². The van der Waals surface area contributed by atoms with Gasteiger partial charge in [-0.3, -0.25) is 0 Å². The molecule has 4 atom stereocenters. The van der Waals surface area contributed by atoms with E-state index < -0.39 is 0 Å². The fourth-order valence-electron chi connectivity index (χ4n) is 3.69. The van der Waals surface area contributed by atoms with Crippen molar-refractivity contribution in [1.82, 2.24) is 5.32 Å². The average molecular weight is 183 g/mol. The molecule has 2 aliphatic rings. The predicted octanol–water partition coefficient (Wildman–Crippen LogP) is 1.39. The summed E-state index contributed by atoms with van der Waals surface area (Å²) in [7, 11) is 1.97. The molecule has 0 aromatic carbocycles. The third-order valence-electron chi connectivity index (χ3n) is 5.13. The molecule has 0 aromatic heterocycles. The lowest BCUT2D eigenvalue weighted by Gasteiger charge is -2.37. The summed E-state index contributed by atoms with van der Waals surface area (Å²) in [6, 6.07) is 0.314. The van der Waals surface area contributed by atoms with E-state index in [9.17, 15) is 5.11 Å². The summed E-state index contributed by atoms with van der Waals surface area (Å²) in [6.45, 7) is 6.87. The van der Waals surface area contributed by atoms with Gasteiger partial charge in [0, 0.05) is 11.5 Å². The van der Waals surface area contributed by atoms with Crippen LogP contribution in [0, 0.1) is 16.7 Å². The highest BCUT2D eigenvalue weighted by molar-refractivity contribution is 5.16. The number of rotatable bonds is 1. The Morgan fingerprint density at radius 3 is 2.23 bits per heavy atom. The van der Waals surface area contributed by atoms with Crippen LogP contribution in [0.5, 0.6) is 0 Å². The van der Waals surface area contributed by atoms with E-state index in [1.807, 2.05) is 7.05 Å². The number of nitrogens with one attached hydrogen (secondary N) is 1. The molecule has 0 radical (unpaired) electrons. The minimum Gasteiger partial charge on any atom is -0.391 e. The molecule has 2 saturated carbocycles. The lowest BCUT2D eigenvalue weighted by Crippen LogP contribution is -2.45. The SMILES string of the molecule is CN[C@H]1[C@@H](O)[C@@]2(C)CC[C@@H]1C2(C)C. The van der Waals surface area contributed by atoms with E-state index in [0.717, 1.165) is 0 Å². The molecule has 0 spiro atoms. The Morgan fingerprint density at radius 2 is 1.92 bits per heavy atom. The zero-order valence-electron chi connectivity index (χ0n) is 9.09. The van der Waals surface area contributed by atoms with Crippen LogP contribution in [0.15, 0.2) is 0 Å². The molecular weight excluding hydrogens is 162 g/mol. The van der Waals surface area contributed by atoms with Gasteiger partial charge in [-0.15, -0.1) is 0 Å². The number of likely N-dealkylation sites (N-methyl/N-ethyl adjacent to an activating group) is 1. The van der Waals surface area contributed by atoms with Crippen LogP contribution in [-0.4, -0.2) is 24.3 Å². The maximum absolute atomic E-state index is 10.2. The van der Waals surface area contributed by atoms with Crippen molar-refractivity contribution in [1.29, 1.82) is 0 Å². The van der Waals surface area contributed by atoms with Crippen molar-refractivity contribution in [2.24, 2.45) is 16.7 Å². The van der Waals surface area contributed by atoms with E-state index in [2.05, 4.69) is 26.1 Å². The summed E-state index contributed by atoms with van der Waals surface area (Å²) in [4.78, 5) is 0. The molecule has 0 amide bonds. The largest absolute Gasteiger partial charge is 0.391 e. The fourth-order valence-corrected chi connectivity index (χ4v) is 3.69. The Kier molecular flexibility index (Phi) is 1.81. The monoisotopic (exact) mass is 183 g/mol. The number of hydrogen-bond donors (Lipinski definition) is 2. The van der Waals surface area contributed by atoms with E-state index in [1.165, 1.54) is 12.8 Å². The first kappa shape index (κ1) is 9.47. The van der Waals surface area contributed by atoms with Gasteiger partial charge in [0.1, 0.15) is 0 Å². The van der Waals surface area contributed by atoms with E-state index in [0.29, 0.717) is 17.4 Å². The van der Waals surface area contributed by atoms with Gasteiger partial charge < -0.3 is 10.4 Å². The maximum Gasteiger partial charge on any atom is 0.0754 e. The van der Waals surface area contributed by atoms with Crippen LogP contribution in [0.4, 0.5) is 0 Å². The average Bonchev–Trinajstić information content (AvgIpc) is 2.36. The van der Waals surface area contributed by atoms with Gasteiger partial charge in [0.15, 0.2) is 0 Å². The molecule has 0 aliphatic heterocycles. The minimum absolute atomic E-state index is 0.130. The van der Waals surface area contributed by atoms with Crippen LogP contribution < -0.4 is 5.32 Å². The molecule has 2 nitrogen and oxygen atoms in total. The maximum atomic E-state index is 10.2. The molecular formula is C11H21NO. The highest BCUT2D eigenvalue weighted by Crippen LogP contribution is 2.65. The van der Waals surface area contributed by atoms with Gasteiger partial charge >= 0.3 is 0 Å². The topological polar surface area (TPSA) is 32.3 Å². The first-order chi connectivity index (χ1) is 5.95. The summed E-state index contributed by atoms with van der Waals surface area (Å²) >= 11 is 0. The lowest BCUT2D eigenvalue weighted by atomic mass is 9.70. The second kappa shape index (κ2) is 2.48. The van der Waals surface area contributed by atoms with Crippen LogP contribution in [-0.2, 0) is 0 Å². The van der Waals surface area contributed by atoms with Gasteiger partial charge in [-0.2, -0.15) is 0 Å². The summed E-state index contributed by atoms with van der Waals surface area (Å²) < 4.78 is 0. The van der Waals surface area contributed by atoms with Crippen molar-refractivity contribution in [2.75, 3.05) is 7.05 Å². The van der Waals surface area contributed by atoms with E-state index in [-0.39, 0.29) is 11.5 Å². The molecule has 2 rings (SSSR count). The Balaban J connectivity index is 2.39. The number of aliphatic hydroxyl groups is 1. The summed E-state index contributed by atoms with van der Waals surface area (Å²) in [5.41, 5.74) is 0.422. The summed E-state index contributed by atoms with van der Waals surface area (Å²) in [6.07, 6.45) is 2.29.